The van der Waals surface area contributed by atoms with Gasteiger partial charge < -0.3 is 29.5 Å². The van der Waals surface area contributed by atoms with Crippen LogP contribution in [0.1, 0.15) is 219 Å². The molecule has 0 aliphatic rings. The summed E-state index contributed by atoms with van der Waals surface area (Å²) in [6.07, 6.45) is 42.8. The number of rotatable bonds is 42. The van der Waals surface area contributed by atoms with Crippen LogP contribution in [0.15, 0.2) is 24.0 Å². The number of hydrogen-bond acceptors (Lipinski definition) is 8. The summed E-state index contributed by atoms with van der Waals surface area (Å²) >= 11 is 0. The minimum Gasteiger partial charge on any atom is -0.484 e. The lowest BCUT2D eigenvalue weighted by molar-refractivity contribution is -0.159. The highest BCUT2D eigenvalue weighted by molar-refractivity contribution is 5.86. The maximum atomic E-state index is 12.9. The number of aliphatic hydroxyl groups is 3. The lowest BCUT2D eigenvalue weighted by Crippen LogP contribution is -2.30. The first kappa shape index (κ1) is 52.1. The fraction of sp³-hybridized carbons (Fsp3) is 0.870. The van der Waals surface area contributed by atoms with Crippen LogP contribution in [0, 0.1) is 0 Å². The number of aliphatic hydroxyl groups excluding tert-OH is 3. The van der Waals surface area contributed by atoms with Gasteiger partial charge in [0.2, 0.25) is 5.76 Å². The molecule has 8 heteroatoms. The van der Waals surface area contributed by atoms with E-state index in [-0.39, 0.29) is 19.0 Å². The Kier molecular flexibility index (Phi) is 40.8. The summed E-state index contributed by atoms with van der Waals surface area (Å²) in [5.41, 5.74) is 0. The molecular formula is C46H86O8. The van der Waals surface area contributed by atoms with Gasteiger partial charge >= 0.3 is 11.9 Å². The summed E-state index contributed by atoms with van der Waals surface area (Å²) in [7, 11) is 0. The summed E-state index contributed by atoms with van der Waals surface area (Å²) < 4.78 is 16.1. The van der Waals surface area contributed by atoms with Crippen LogP contribution in [0.2, 0.25) is 0 Å². The van der Waals surface area contributed by atoms with Crippen molar-refractivity contribution in [2.24, 2.45) is 0 Å². The van der Waals surface area contributed by atoms with Crippen LogP contribution in [0.4, 0.5) is 0 Å². The normalized spacial score (nSPS) is 13.0. The predicted octanol–water partition coefficient (Wildman–Crippen LogP) is 11.8. The van der Waals surface area contributed by atoms with Gasteiger partial charge in [0.25, 0.3) is 0 Å². The second-order valence-electron chi connectivity index (χ2n) is 15.4. The van der Waals surface area contributed by atoms with Gasteiger partial charge in [0.15, 0.2) is 6.10 Å². The molecule has 0 radical (unpaired) electrons. The molecule has 318 valence electrons. The van der Waals surface area contributed by atoms with E-state index >= 15 is 0 Å². The van der Waals surface area contributed by atoms with Crippen molar-refractivity contribution in [3.05, 3.63) is 24.0 Å². The molecule has 8 nitrogen and oxygen atoms in total. The second-order valence-corrected chi connectivity index (χ2v) is 15.4. The van der Waals surface area contributed by atoms with Gasteiger partial charge in [-0.15, -0.1) is 0 Å². The maximum absolute atomic E-state index is 12.9. The van der Waals surface area contributed by atoms with Gasteiger partial charge in [0.05, 0.1) is 13.2 Å². The van der Waals surface area contributed by atoms with Gasteiger partial charge in [-0.1, -0.05) is 200 Å². The highest BCUT2D eigenvalue weighted by atomic mass is 16.6. The molecule has 0 rings (SSSR count). The SMILES string of the molecule is CCCCCCCCCCCCCCCCCC=CC(=O)OCC(CO)OC(=O)C(=CCCCCCCCCCCCCCCCCC)OCC(O)CO. The van der Waals surface area contributed by atoms with Gasteiger partial charge in [-0.3, -0.25) is 0 Å². The highest BCUT2D eigenvalue weighted by Gasteiger charge is 2.21. The van der Waals surface area contributed by atoms with Gasteiger partial charge in [-0.25, -0.2) is 9.59 Å². The van der Waals surface area contributed by atoms with Crippen LogP contribution in [-0.2, 0) is 23.8 Å². The summed E-state index contributed by atoms with van der Waals surface area (Å²) in [5, 5.41) is 28.7. The molecule has 2 atom stereocenters. The van der Waals surface area contributed by atoms with Crippen molar-refractivity contribution < 1.29 is 39.1 Å². The molecule has 3 N–H and O–H groups in total. The Morgan fingerprint density at radius 1 is 0.500 bits per heavy atom. The van der Waals surface area contributed by atoms with E-state index in [1.807, 2.05) is 6.08 Å². The molecule has 54 heavy (non-hydrogen) atoms. The molecule has 2 unspecified atom stereocenters. The molecular weight excluding hydrogens is 680 g/mol. The van der Waals surface area contributed by atoms with Crippen LogP contribution < -0.4 is 0 Å². The van der Waals surface area contributed by atoms with Gasteiger partial charge in [-0.05, 0) is 31.8 Å². The van der Waals surface area contributed by atoms with Crippen molar-refractivity contribution in [2.45, 2.75) is 232 Å². The molecule has 0 aromatic carbocycles. The van der Waals surface area contributed by atoms with E-state index in [1.54, 1.807) is 6.08 Å². The van der Waals surface area contributed by atoms with E-state index in [0.29, 0.717) is 6.42 Å². The Labute approximate surface area is 332 Å². The minimum absolute atomic E-state index is 0.0824. The number of carbonyl (C=O) groups is 2. The van der Waals surface area contributed by atoms with Gasteiger partial charge in [0, 0.05) is 6.08 Å². The third-order valence-corrected chi connectivity index (χ3v) is 10.1. The molecule has 0 bridgehead atoms. The summed E-state index contributed by atoms with van der Waals surface area (Å²) in [6.45, 7) is 2.96. The highest BCUT2D eigenvalue weighted by Crippen LogP contribution is 2.16. The number of unbranched alkanes of at least 4 members (excludes halogenated alkanes) is 30. The molecule has 0 aromatic rings. The second kappa shape index (κ2) is 42.2. The molecule has 0 saturated heterocycles. The fourth-order valence-corrected chi connectivity index (χ4v) is 6.56. The van der Waals surface area contributed by atoms with E-state index in [4.69, 9.17) is 19.3 Å². The zero-order valence-electron chi connectivity index (χ0n) is 35.2. The third kappa shape index (κ3) is 37.0. The van der Waals surface area contributed by atoms with Crippen LogP contribution in [-0.4, -0.2) is 65.9 Å². The number of hydrogen-bond donors (Lipinski definition) is 3. The summed E-state index contributed by atoms with van der Waals surface area (Å²) in [5.74, 6) is -1.43. The minimum atomic E-state index is -1.14. The molecule has 0 amide bonds. The average Bonchev–Trinajstić information content (AvgIpc) is 3.18. The molecule has 0 aromatic heterocycles. The molecule has 0 aliphatic heterocycles. The predicted molar refractivity (Wildman–Crippen MR) is 223 cm³/mol. The molecule has 0 fully saturated rings. The van der Waals surface area contributed by atoms with Gasteiger partial charge in [0.1, 0.15) is 19.3 Å². The zero-order valence-corrected chi connectivity index (χ0v) is 35.2. The fourth-order valence-electron chi connectivity index (χ4n) is 6.56. The van der Waals surface area contributed by atoms with E-state index in [9.17, 15) is 19.8 Å². The maximum Gasteiger partial charge on any atom is 0.373 e. The largest absolute Gasteiger partial charge is 0.484 e. The monoisotopic (exact) mass is 767 g/mol. The Balaban J connectivity index is 4.16. The molecule has 0 aliphatic carbocycles. The molecule has 0 heterocycles. The molecule has 0 spiro atoms. The average molecular weight is 767 g/mol. The van der Waals surface area contributed by atoms with Crippen molar-refractivity contribution in [3.8, 4) is 0 Å². The van der Waals surface area contributed by atoms with Crippen LogP contribution in [0.3, 0.4) is 0 Å². The number of allylic oxidation sites excluding steroid dienone is 2. The zero-order chi connectivity index (χ0) is 39.6. The quantitative estimate of drug-likeness (QED) is 0.0243. The summed E-state index contributed by atoms with van der Waals surface area (Å²) in [4.78, 5) is 25.1. The standard InChI is InChI=1S/C46H86O8/c1-3-5-7-9-11-13-15-17-19-21-23-25-27-29-31-33-35-37-45(50)53-41-43(39-48)54-46(51)44(52-40-42(49)38-47)36-34-32-30-28-26-24-22-20-18-16-14-12-10-8-6-4-2/h35-37,42-43,47-49H,3-34,38-41H2,1-2H3. The number of ether oxygens (including phenoxy) is 3. The first-order valence-electron chi connectivity index (χ1n) is 22.7. The number of esters is 2. The van der Waals surface area contributed by atoms with Gasteiger partial charge in [-0.2, -0.15) is 0 Å². The number of carbonyl (C=O) groups excluding carboxylic acids is 2. The Morgan fingerprint density at radius 2 is 0.889 bits per heavy atom. The van der Waals surface area contributed by atoms with Crippen molar-refractivity contribution in [1.29, 1.82) is 0 Å². The van der Waals surface area contributed by atoms with Crippen molar-refractivity contribution in [2.75, 3.05) is 26.4 Å². The van der Waals surface area contributed by atoms with E-state index < -0.39 is 37.4 Å². The molecule has 0 saturated carbocycles. The van der Waals surface area contributed by atoms with Crippen LogP contribution in [0.25, 0.3) is 0 Å². The van der Waals surface area contributed by atoms with E-state index in [1.165, 1.54) is 167 Å². The van der Waals surface area contributed by atoms with Crippen molar-refractivity contribution in [3.63, 3.8) is 0 Å². The lowest BCUT2D eigenvalue weighted by atomic mass is 10.0. The van der Waals surface area contributed by atoms with Crippen LogP contribution >= 0.6 is 0 Å². The van der Waals surface area contributed by atoms with Crippen molar-refractivity contribution >= 4 is 11.9 Å². The summed E-state index contributed by atoms with van der Waals surface area (Å²) in [6, 6.07) is 0. The lowest BCUT2D eigenvalue weighted by Gasteiger charge is -2.17. The third-order valence-electron chi connectivity index (χ3n) is 10.1. The Hall–Kier alpha value is -1.90. The van der Waals surface area contributed by atoms with Crippen molar-refractivity contribution in [1.82, 2.24) is 0 Å². The Bertz CT molecular complexity index is 873. The first-order valence-corrected chi connectivity index (χ1v) is 22.7. The van der Waals surface area contributed by atoms with Crippen LogP contribution in [0.5, 0.6) is 0 Å². The topological polar surface area (TPSA) is 123 Å². The Morgan fingerprint density at radius 3 is 1.28 bits per heavy atom. The first-order chi connectivity index (χ1) is 26.5. The van der Waals surface area contributed by atoms with E-state index in [2.05, 4.69) is 13.8 Å². The van der Waals surface area contributed by atoms with E-state index in [0.717, 1.165) is 38.5 Å². The smallest absolute Gasteiger partial charge is 0.373 e.